The number of amides is 2. The van der Waals surface area contributed by atoms with Crippen molar-refractivity contribution in [2.45, 2.75) is 13.0 Å². The Bertz CT molecular complexity index is 1640. The maximum atomic E-state index is 13.3. The Balaban J connectivity index is 1.49. The van der Waals surface area contributed by atoms with E-state index in [1.165, 1.54) is 0 Å². The number of nitrogens with one attached hydrogen (secondary N) is 1. The van der Waals surface area contributed by atoms with Gasteiger partial charge in [0.05, 0.1) is 55.7 Å². The molecule has 0 bridgehead atoms. The molecule has 4 aromatic rings. The second kappa shape index (κ2) is 11.7. The smallest absolute Gasteiger partial charge is 0.259 e. The van der Waals surface area contributed by atoms with Crippen LogP contribution in [0.5, 0.6) is 11.5 Å². The van der Waals surface area contributed by atoms with E-state index >= 15 is 0 Å². The van der Waals surface area contributed by atoms with Gasteiger partial charge in [0.25, 0.3) is 11.8 Å². The van der Waals surface area contributed by atoms with Crippen molar-refractivity contribution >= 4 is 45.2 Å². The molecule has 2 amide bonds. The number of hydrogen-bond donors (Lipinski definition) is 1. The summed E-state index contributed by atoms with van der Waals surface area (Å²) in [4.78, 5) is 28.8. The standard InChI is InChI=1S/C31H32ClN3O6/c1-38-13-11-35-23-18-26(41-12-5-8-34-9-14-40-15-10-34)25(39-2)17-21(23)27-24(35)16-20(19-6-3-4-7-22(19)32)28-29(27)31(37)33-30(28)36/h3-4,6-7,16-18H,5,8-15H2,1-2H3,(H,33,36,37). The molecule has 214 valence electrons. The summed E-state index contributed by atoms with van der Waals surface area (Å²) in [6, 6.07) is 13.1. The van der Waals surface area contributed by atoms with E-state index in [4.69, 9.17) is 30.5 Å². The maximum Gasteiger partial charge on any atom is 0.259 e. The summed E-state index contributed by atoms with van der Waals surface area (Å²) in [7, 11) is 3.25. The molecule has 1 saturated heterocycles. The third-order valence-corrected chi connectivity index (χ3v) is 8.11. The molecule has 41 heavy (non-hydrogen) atoms. The molecule has 9 nitrogen and oxygen atoms in total. The molecule has 6 rings (SSSR count). The summed E-state index contributed by atoms with van der Waals surface area (Å²) >= 11 is 6.58. The lowest BCUT2D eigenvalue weighted by molar-refractivity contribution is 0.0357. The highest BCUT2D eigenvalue weighted by Crippen LogP contribution is 2.44. The Morgan fingerprint density at radius 2 is 1.68 bits per heavy atom. The van der Waals surface area contributed by atoms with Gasteiger partial charge in [-0.25, -0.2) is 0 Å². The summed E-state index contributed by atoms with van der Waals surface area (Å²) in [6.07, 6.45) is 0.866. The first-order chi connectivity index (χ1) is 20.0. The third kappa shape index (κ3) is 5.04. The van der Waals surface area contributed by atoms with Crippen molar-refractivity contribution in [3.05, 3.63) is 58.6 Å². The highest BCUT2D eigenvalue weighted by Gasteiger charge is 2.35. The first-order valence-electron chi connectivity index (χ1n) is 13.7. The van der Waals surface area contributed by atoms with Crippen LogP contribution < -0.4 is 14.8 Å². The summed E-state index contributed by atoms with van der Waals surface area (Å²) in [5.74, 6) is 0.305. The average Bonchev–Trinajstić information content (AvgIpc) is 3.46. The van der Waals surface area contributed by atoms with Gasteiger partial charge in [-0.3, -0.25) is 19.8 Å². The Hall–Kier alpha value is -3.63. The summed E-state index contributed by atoms with van der Waals surface area (Å²) in [5, 5.41) is 4.47. The van der Waals surface area contributed by atoms with E-state index in [9.17, 15) is 9.59 Å². The number of nitrogens with zero attached hydrogens (tertiary/aromatic N) is 2. The van der Waals surface area contributed by atoms with Crippen LogP contribution in [0.2, 0.25) is 5.02 Å². The Labute approximate surface area is 242 Å². The molecule has 0 unspecified atom stereocenters. The minimum Gasteiger partial charge on any atom is -0.493 e. The fourth-order valence-corrected chi connectivity index (χ4v) is 6.07. The molecular formula is C31H32ClN3O6. The predicted molar refractivity (Wildman–Crippen MR) is 157 cm³/mol. The van der Waals surface area contributed by atoms with E-state index < -0.39 is 11.8 Å². The number of rotatable bonds is 10. The van der Waals surface area contributed by atoms with Crippen molar-refractivity contribution in [3.8, 4) is 22.6 Å². The van der Waals surface area contributed by atoms with Gasteiger partial charge in [0, 0.05) is 60.7 Å². The van der Waals surface area contributed by atoms with Crippen molar-refractivity contribution in [2.75, 3.05) is 60.3 Å². The molecule has 0 atom stereocenters. The van der Waals surface area contributed by atoms with Crippen LogP contribution in [0.25, 0.3) is 32.9 Å². The van der Waals surface area contributed by atoms with Gasteiger partial charge in [-0.1, -0.05) is 29.8 Å². The van der Waals surface area contributed by atoms with Crippen LogP contribution in [0.15, 0.2) is 42.5 Å². The van der Waals surface area contributed by atoms with E-state index in [0.29, 0.717) is 63.9 Å². The van der Waals surface area contributed by atoms with Crippen LogP contribution >= 0.6 is 11.6 Å². The molecular weight excluding hydrogens is 546 g/mol. The van der Waals surface area contributed by atoms with E-state index in [2.05, 4.69) is 14.8 Å². The van der Waals surface area contributed by atoms with Gasteiger partial charge in [-0.05, 0) is 30.2 Å². The number of carbonyl (C=O) groups excluding carboxylic acids is 2. The van der Waals surface area contributed by atoms with Gasteiger partial charge in [0.2, 0.25) is 0 Å². The number of fused-ring (bicyclic) bond motifs is 5. The van der Waals surface area contributed by atoms with Gasteiger partial charge >= 0.3 is 0 Å². The molecule has 1 fully saturated rings. The lowest BCUT2D eigenvalue weighted by Crippen LogP contribution is -2.37. The number of benzene rings is 3. The Morgan fingerprint density at radius 3 is 2.44 bits per heavy atom. The SMILES string of the molecule is COCCn1c2cc(OCCCN3CCOCC3)c(OC)cc2c2c3c(c(-c4ccccc4Cl)cc21)C(=O)NC3=O. The van der Waals surface area contributed by atoms with Crippen molar-refractivity contribution in [2.24, 2.45) is 0 Å². The van der Waals surface area contributed by atoms with Gasteiger partial charge in [0.1, 0.15) is 0 Å². The van der Waals surface area contributed by atoms with E-state index in [-0.39, 0.29) is 0 Å². The Morgan fingerprint density at radius 1 is 0.902 bits per heavy atom. The lowest BCUT2D eigenvalue weighted by Gasteiger charge is -2.26. The molecule has 0 radical (unpaired) electrons. The molecule has 3 aromatic carbocycles. The number of halogens is 1. The molecule has 0 spiro atoms. The average molecular weight is 578 g/mol. The molecule has 2 aliphatic rings. The molecule has 0 aliphatic carbocycles. The fraction of sp³-hybridized carbons (Fsp3) is 0.355. The zero-order chi connectivity index (χ0) is 28.5. The monoisotopic (exact) mass is 577 g/mol. The first kappa shape index (κ1) is 27.5. The van der Waals surface area contributed by atoms with Crippen LogP contribution in [0.3, 0.4) is 0 Å². The number of morpholine rings is 1. The molecule has 0 saturated carbocycles. The third-order valence-electron chi connectivity index (χ3n) is 7.78. The molecule has 1 N–H and O–H groups in total. The van der Waals surface area contributed by atoms with Gasteiger partial charge in [0.15, 0.2) is 11.5 Å². The number of aromatic nitrogens is 1. The van der Waals surface area contributed by atoms with Crippen LogP contribution in [0, 0.1) is 0 Å². The summed E-state index contributed by atoms with van der Waals surface area (Å²) in [5.41, 5.74) is 3.60. The number of imide groups is 1. The molecule has 2 aliphatic heterocycles. The van der Waals surface area contributed by atoms with E-state index in [1.807, 2.05) is 36.4 Å². The highest BCUT2D eigenvalue weighted by molar-refractivity contribution is 6.36. The summed E-state index contributed by atoms with van der Waals surface area (Å²) < 4.78 is 25.0. The first-order valence-corrected chi connectivity index (χ1v) is 14.1. The zero-order valence-electron chi connectivity index (χ0n) is 23.1. The topological polar surface area (TPSA) is 91.3 Å². The van der Waals surface area contributed by atoms with Crippen molar-refractivity contribution < 1.29 is 28.5 Å². The largest absolute Gasteiger partial charge is 0.493 e. The number of ether oxygens (including phenoxy) is 4. The second-order valence-corrected chi connectivity index (χ2v) is 10.6. The van der Waals surface area contributed by atoms with Crippen LogP contribution in [0.1, 0.15) is 27.1 Å². The van der Waals surface area contributed by atoms with Crippen molar-refractivity contribution in [1.82, 2.24) is 14.8 Å². The molecule has 1 aromatic heterocycles. The zero-order valence-corrected chi connectivity index (χ0v) is 23.9. The summed E-state index contributed by atoms with van der Waals surface area (Å²) in [6.45, 7) is 5.84. The van der Waals surface area contributed by atoms with Crippen molar-refractivity contribution in [1.29, 1.82) is 0 Å². The van der Waals surface area contributed by atoms with Gasteiger partial charge < -0.3 is 23.5 Å². The van der Waals surface area contributed by atoms with Crippen LogP contribution in [0.4, 0.5) is 0 Å². The van der Waals surface area contributed by atoms with Crippen LogP contribution in [-0.4, -0.2) is 81.6 Å². The second-order valence-electron chi connectivity index (χ2n) is 10.2. The van der Waals surface area contributed by atoms with E-state index in [0.717, 1.165) is 55.7 Å². The minimum absolute atomic E-state index is 0.323. The predicted octanol–water partition coefficient (Wildman–Crippen LogP) is 4.75. The quantitative estimate of drug-likeness (QED) is 0.215. The normalized spacial score (nSPS) is 15.5. The van der Waals surface area contributed by atoms with Crippen LogP contribution in [-0.2, 0) is 16.0 Å². The number of methoxy groups -OCH3 is 2. The molecule has 3 heterocycles. The lowest BCUT2D eigenvalue weighted by atomic mass is 9.93. The Kier molecular flexibility index (Phi) is 7.86. The number of hydrogen-bond acceptors (Lipinski definition) is 7. The maximum absolute atomic E-state index is 13.3. The fourth-order valence-electron chi connectivity index (χ4n) is 5.83. The van der Waals surface area contributed by atoms with E-state index in [1.54, 1.807) is 20.3 Å². The van der Waals surface area contributed by atoms with Crippen molar-refractivity contribution in [3.63, 3.8) is 0 Å². The minimum atomic E-state index is -0.438. The van der Waals surface area contributed by atoms with Gasteiger partial charge in [-0.15, -0.1) is 0 Å². The molecule has 10 heteroatoms. The highest BCUT2D eigenvalue weighted by atomic mass is 35.5. The van der Waals surface area contributed by atoms with Gasteiger partial charge in [-0.2, -0.15) is 0 Å². The number of carbonyl (C=O) groups is 2.